The van der Waals surface area contributed by atoms with E-state index in [0.717, 1.165) is 22.2 Å². The number of aromatic nitrogens is 2. The first kappa shape index (κ1) is 24.3. The van der Waals surface area contributed by atoms with Crippen molar-refractivity contribution >= 4 is 27.7 Å². The first-order chi connectivity index (χ1) is 17.9. The van der Waals surface area contributed by atoms with Crippen molar-refractivity contribution in [3.8, 4) is 5.75 Å². The van der Waals surface area contributed by atoms with E-state index >= 15 is 0 Å². The normalized spacial score (nSPS) is 12.2. The van der Waals surface area contributed by atoms with Crippen molar-refractivity contribution in [2.75, 3.05) is 6.54 Å². The number of para-hydroxylation sites is 2. The lowest BCUT2D eigenvalue weighted by Gasteiger charge is -2.22. The van der Waals surface area contributed by atoms with Crippen LogP contribution in [0.4, 0.5) is 4.39 Å². The molecular weight excluding hydrogens is 469 g/mol. The van der Waals surface area contributed by atoms with Crippen LogP contribution in [0.25, 0.3) is 21.8 Å². The van der Waals surface area contributed by atoms with Gasteiger partial charge in [0.1, 0.15) is 11.6 Å². The molecule has 1 amide bonds. The lowest BCUT2D eigenvalue weighted by molar-refractivity contribution is -0.118. The summed E-state index contributed by atoms with van der Waals surface area (Å²) < 4.78 is 15.5. The number of aromatic hydroxyl groups is 1. The second-order valence-electron chi connectivity index (χ2n) is 9.28. The molecule has 6 nitrogen and oxygen atoms in total. The standard InChI is InChI=1S/C30H28FN3O3/c1-18(35)32-17-7-10-22-21-8-3-5-11-24(21)33-28(22)26(19-13-15-20(31)16-14-19)27-29(36)23-9-4-6-12-25(23)34(2)30(27)37/h3-6,8-9,11-16,26,33,36H,7,10,17H2,1-2H3,(H,32,35). The highest BCUT2D eigenvalue weighted by Crippen LogP contribution is 2.41. The van der Waals surface area contributed by atoms with Gasteiger partial charge in [0.15, 0.2) is 0 Å². The maximum atomic E-state index is 13.9. The number of hydrogen-bond donors (Lipinski definition) is 3. The van der Waals surface area contributed by atoms with E-state index in [-0.39, 0.29) is 28.6 Å². The lowest BCUT2D eigenvalue weighted by atomic mass is 9.85. The molecule has 3 aromatic carbocycles. The summed E-state index contributed by atoms with van der Waals surface area (Å²) in [6.07, 6.45) is 1.32. The molecular formula is C30H28FN3O3. The van der Waals surface area contributed by atoms with E-state index in [1.807, 2.05) is 36.4 Å². The second-order valence-corrected chi connectivity index (χ2v) is 9.28. The Morgan fingerprint density at radius 1 is 1.03 bits per heavy atom. The number of nitrogens with zero attached hydrogens (tertiary/aromatic N) is 1. The highest BCUT2D eigenvalue weighted by atomic mass is 19.1. The van der Waals surface area contributed by atoms with Crippen LogP contribution < -0.4 is 10.9 Å². The molecule has 5 aromatic rings. The molecule has 0 saturated heterocycles. The lowest BCUT2D eigenvalue weighted by Crippen LogP contribution is -2.25. The number of aromatic amines is 1. The van der Waals surface area contributed by atoms with Crippen LogP contribution in [0.5, 0.6) is 5.75 Å². The molecule has 1 atom stereocenters. The zero-order valence-electron chi connectivity index (χ0n) is 20.7. The average Bonchev–Trinajstić information content (AvgIpc) is 3.26. The maximum Gasteiger partial charge on any atom is 0.258 e. The molecule has 0 aliphatic carbocycles. The summed E-state index contributed by atoms with van der Waals surface area (Å²) in [5.41, 5.74) is 3.85. The molecule has 0 aliphatic rings. The molecule has 0 bridgehead atoms. The van der Waals surface area contributed by atoms with Gasteiger partial charge in [-0.1, -0.05) is 42.5 Å². The van der Waals surface area contributed by atoms with E-state index in [2.05, 4.69) is 10.3 Å². The largest absolute Gasteiger partial charge is 0.507 e. The van der Waals surface area contributed by atoms with E-state index in [9.17, 15) is 19.1 Å². The number of halogens is 1. The summed E-state index contributed by atoms with van der Waals surface area (Å²) in [4.78, 5) is 28.7. The Kier molecular flexibility index (Phi) is 6.53. The minimum absolute atomic E-state index is 0.0872. The van der Waals surface area contributed by atoms with Crippen molar-refractivity contribution in [2.24, 2.45) is 7.05 Å². The molecule has 0 spiro atoms. The van der Waals surface area contributed by atoms with Crippen molar-refractivity contribution in [1.82, 2.24) is 14.9 Å². The Labute approximate surface area is 213 Å². The number of H-pyrrole nitrogens is 1. The quantitative estimate of drug-likeness (QED) is 0.273. The first-order valence-electron chi connectivity index (χ1n) is 12.3. The van der Waals surface area contributed by atoms with Gasteiger partial charge in [-0.25, -0.2) is 4.39 Å². The number of amides is 1. The van der Waals surface area contributed by atoms with Gasteiger partial charge in [-0.2, -0.15) is 0 Å². The second kappa shape index (κ2) is 9.93. The fraction of sp³-hybridized carbons (Fsp3) is 0.200. The number of rotatable bonds is 7. The number of benzene rings is 3. The molecule has 0 radical (unpaired) electrons. The summed E-state index contributed by atoms with van der Waals surface area (Å²) in [5.74, 6) is -1.24. The van der Waals surface area contributed by atoms with Crippen LogP contribution in [0.2, 0.25) is 0 Å². The Morgan fingerprint density at radius 3 is 2.43 bits per heavy atom. The van der Waals surface area contributed by atoms with Crippen LogP contribution in [0, 0.1) is 5.82 Å². The van der Waals surface area contributed by atoms with Crippen LogP contribution in [0.3, 0.4) is 0 Å². The summed E-state index contributed by atoms with van der Waals surface area (Å²) in [6.45, 7) is 2.00. The molecule has 0 fully saturated rings. The van der Waals surface area contributed by atoms with Gasteiger partial charge in [0, 0.05) is 42.5 Å². The van der Waals surface area contributed by atoms with Crippen LogP contribution in [0.1, 0.15) is 41.6 Å². The third-order valence-electron chi connectivity index (χ3n) is 6.92. The third kappa shape index (κ3) is 4.48. The Balaban J connectivity index is 1.77. The number of hydrogen-bond acceptors (Lipinski definition) is 3. The number of pyridine rings is 1. The highest BCUT2D eigenvalue weighted by molar-refractivity contribution is 5.88. The maximum absolute atomic E-state index is 13.9. The third-order valence-corrected chi connectivity index (χ3v) is 6.92. The molecule has 5 rings (SSSR count). The van der Waals surface area contributed by atoms with Crippen molar-refractivity contribution in [2.45, 2.75) is 25.7 Å². The summed E-state index contributed by atoms with van der Waals surface area (Å²) in [6, 6.07) is 21.1. The first-order valence-corrected chi connectivity index (χ1v) is 12.3. The minimum Gasteiger partial charge on any atom is -0.507 e. The fourth-order valence-corrected chi connectivity index (χ4v) is 5.16. The average molecular weight is 498 g/mol. The van der Waals surface area contributed by atoms with E-state index in [1.165, 1.54) is 19.1 Å². The van der Waals surface area contributed by atoms with Gasteiger partial charge in [0.2, 0.25) is 5.91 Å². The number of nitrogens with one attached hydrogen (secondary N) is 2. The smallest absolute Gasteiger partial charge is 0.258 e. The zero-order chi connectivity index (χ0) is 26.1. The molecule has 3 N–H and O–H groups in total. The van der Waals surface area contributed by atoms with Gasteiger partial charge in [0.05, 0.1) is 17.0 Å². The molecule has 188 valence electrons. The van der Waals surface area contributed by atoms with Crippen LogP contribution in [-0.2, 0) is 18.3 Å². The van der Waals surface area contributed by atoms with E-state index in [4.69, 9.17) is 0 Å². The van der Waals surface area contributed by atoms with E-state index in [0.29, 0.717) is 35.9 Å². The Hall–Kier alpha value is -4.39. The molecule has 7 heteroatoms. The monoisotopic (exact) mass is 497 g/mol. The van der Waals surface area contributed by atoms with Crippen LogP contribution >= 0.6 is 0 Å². The number of fused-ring (bicyclic) bond motifs is 2. The molecule has 1 unspecified atom stereocenters. The molecule has 2 heterocycles. The van der Waals surface area contributed by atoms with Crippen LogP contribution in [0.15, 0.2) is 77.6 Å². The number of aryl methyl sites for hydroxylation is 2. The Morgan fingerprint density at radius 2 is 1.70 bits per heavy atom. The van der Waals surface area contributed by atoms with Crippen LogP contribution in [-0.4, -0.2) is 27.1 Å². The summed E-state index contributed by atoms with van der Waals surface area (Å²) in [5, 5.41) is 15.9. The van der Waals surface area contributed by atoms with Gasteiger partial charge in [-0.3, -0.25) is 9.59 Å². The van der Waals surface area contributed by atoms with E-state index in [1.54, 1.807) is 35.9 Å². The summed E-state index contributed by atoms with van der Waals surface area (Å²) >= 11 is 0. The van der Waals surface area contributed by atoms with Crippen molar-refractivity contribution < 1.29 is 14.3 Å². The SMILES string of the molecule is CC(=O)NCCCc1c(C(c2ccc(F)cc2)c2c(O)c3ccccc3n(C)c2=O)[nH]c2ccccc12. The molecule has 37 heavy (non-hydrogen) atoms. The topological polar surface area (TPSA) is 87.1 Å². The van der Waals surface area contributed by atoms with Gasteiger partial charge in [-0.15, -0.1) is 0 Å². The molecule has 0 aliphatic heterocycles. The van der Waals surface area contributed by atoms with Gasteiger partial charge in [0.25, 0.3) is 5.56 Å². The van der Waals surface area contributed by atoms with Gasteiger partial charge < -0.3 is 20.0 Å². The number of carbonyl (C=O) groups excluding carboxylic acids is 1. The molecule has 2 aromatic heterocycles. The molecule has 0 saturated carbocycles. The Bertz CT molecular complexity index is 1670. The van der Waals surface area contributed by atoms with Crippen molar-refractivity contribution in [3.63, 3.8) is 0 Å². The van der Waals surface area contributed by atoms with E-state index < -0.39 is 5.92 Å². The minimum atomic E-state index is -0.674. The zero-order valence-corrected chi connectivity index (χ0v) is 20.7. The van der Waals surface area contributed by atoms with Gasteiger partial charge in [-0.05, 0) is 54.3 Å². The predicted octanol–water partition coefficient (Wildman–Crippen LogP) is 5.11. The van der Waals surface area contributed by atoms with Crippen molar-refractivity contribution in [1.29, 1.82) is 0 Å². The fourth-order valence-electron chi connectivity index (χ4n) is 5.16. The number of carbonyl (C=O) groups is 1. The van der Waals surface area contributed by atoms with Gasteiger partial charge >= 0.3 is 0 Å². The predicted molar refractivity (Wildman–Crippen MR) is 144 cm³/mol. The summed E-state index contributed by atoms with van der Waals surface area (Å²) in [7, 11) is 1.69. The van der Waals surface area contributed by atoms with Crippen molar-refractivity contribution in [3.05, 3.63) is 111 Å². The highest BCUT2D eigenvalue weighted by Gasteiger charge is 2.30.